The van der Waals surface area contributed by atoms with Crippen LogP contribution < -0.4 is 9.47 Å². The Hall–Kier alpha value is -3.47. The SMILES string of the molecule is O=C1CC(c2ccc(OCc3ccccc3)cc2)Oc2cc(O)cc(O)c21. The van der Waals surface area contributed by atoms with Crippen molar-refractivity contribution in [1.29, 1.82) is 0 Å². The lowest BCUT2D eigenvalue weighted by molar-refractivity contribution is 0.0845. The van der Waals surface area contributed by atoms with Crippen molar-refractivity contribution in [3.05, 3.63) is 83.4 Å². The number of phenolic OH excluding ortho intramolecular Hbond substituents is 2. The Bertz CT molecular complexity index is 964. The zero-order valence-corrected chi connectivity index (χ0v) is 14.5. The van der Waals surface area contributed by atoms with E-state index in [1.165, 1.54) is 6.07 Å². The number of ketones is 1. The molecule has 3 aromatic rings. The molecule has 0 bridgehead atoms. The molecule has 0 spiro atoms. The molecule has 1 aliphatic rings. The topological polar surface area (TPSA) is 76.0 Å². The lowest BCUT2D eigenvalue weighted by atomic mass is 9.95. The normalized spacial score (nSPS) is 15.7. The number of phenols is 2. The molecule has 0 amide bonds. The van der Waals surface area contributed by atoms with Gasteiger partial charge in [0, 0.05) is 12.1 Å². The number of carbonyl (C=O) groups excluding carboxylic acids is 1. The van der Waals surface area contributed by atoms with Crippen LogP contribution in [0.1, 0.15) is 34.0 Å². The van der Waals surface area contributed by atoms with Crippen LogP contribution in [0.25, 0.3) is 0 Å². The second-order valence-electron chi connectivity index (χ2n) is 6.42. The van der Waals surface area contributed by atoms with E-state index >= 15 is 0 Å². The molecule has 2 N–H and O–H groups in total. The molecule has 1 atom stereocenters. The maximum Gasteiger partial charge on any atom is 0.174 e. The van der Waals surface area contributed by atoms with Crippen molar-refractivity contribution in [1.82, 2.24) is 0 Å². The van der Waals surface area contributed by atoms with Crippen molar-refractivity contribution in [3.63, 3.8) is 0 Å². The molecule has 1 aliphatic heterocycles. The average Bonchev–Trinajstić information content (AvgIpc) is 2.66. The van der Waals surface area contributed by atoms with E-state index in [9.17, 15) is 15.0 Å². The van der Waals surface area contributed by atoms with Gasteiger partial charge in [0.15, 0.2) is 5.78 Å². The summed E-state index contributed by atoms with van der Waals surface area (Å²) >= 11 is 0. The second kappa shape index (κ2) is 7.03. The van der Waals surface area contributed by atoms with Crippen LogP contribution in [0.5, 0.6) is 23.0 Å². The van der Waals surface area contributed by atoms with E-state index in [1.807, 2.05) is 54.6 Å². The van der Waals surface area contributed by atoms with Crippen LogP contribution in [-0.4, -0.2) is 16.0 Å². The van der Waals surface area contributed by atoms with Gasteiger partial charge in [0.1, 0.15) is 41.3 Å². The first-order chi connectivity index (χ1) is 13.1. The molecule has 27 heavy (non-hydrogen) atoms. The molecule has 1 heterocycles. The van der Waals surface area contributed by atoms with E-state index in [0.717, 1.165) is 22.9 Å². The monoisotopic (exact) mass is 362 g/mol. The summed E-state index contributed by atoms with van der Waals surface area (Å²) in [6.45, 7) is 0.477. The van der Waals surface area contributed by atoms with Crippen LogP contribution in [-0.2, 0) is 6.61 Å². The molecule has 0 radical (unpaired) electrons. The summed E-state index contributed by atoms with van der Waals surface area (Å²) in [6, 6.07) is 19.7. The Kier molecular flexibility index (Phi) is 4.42. The molecular formula is C22H18O5. The molecule has 0 aliphatic carbocycles. The summed E-state index contributed by atoms with van der Waals surface area (Å²) in [7, 11) is 0. The van der Waals surface area contributed by atoms with Crippen molar-refractivity contribution in [2.24, 2.45) is 0 Å². The number of benzene rings is 3. The molecule has 136 valence electrons. The van der Waals surface area contributed by atoms with Gasteiger partial charge in [0.2, 0.25) is 0 Å². The summed E-state index contributed by atoms with van der Waals surface area (Å²) in [5.74, 6) is 0.282. The fourth-order valence-corrected chi connectivity index (χ4v) is 3.13. The van der Waals surface area contributed by atoms with Crippen LogP contribution in [0.15, 0.2) is 66.7 Å². The third-order valence-electron chi connectivity index (χ3n) is 4.49. The molecule has 0 fully saturated rings. The largest absolute Gasteiger partial charge is 0.508 e. The van der Waals surface area contributed by atoms with Gasteiger partial charge in [-0.25, -0.2) is 0 Å². The number of hydrogen-bond donors (Lipinski definition) is 2. The molecule has 5 nitrogen and oxygen atoms in total. The Morgan fingerprint density at radius 2 is 1.74 bits per heavy atom. The Morgan fingerprint density at radius 1 is 1.00 bits per heavy atom. The van der Waals surface area contributed by atoms with Crippen LogP contribution in [0.4, 0.5) is 0 Å². The number of Topliss-reactive ketones (excluding diaryl/α,β-unsaturated/α-hetero) is 1. The van der Waals surface area contributed by atoms with Crippen molar-refractivity contribution in [2.45, 2.75) is 19.1 Å². The molecule has 0 saturated carbocycles. The maximum absolute atomic E-state index is 12.4. The Morgan fingerprint density at radius 3 is 2.48 bits per heavy atom. The standard InChI is InChI=1S/C22H18O5/c23-16-10-18(24)22-19(25)12-20(27-21(22)11-16)15-6-8-17(9-7-15)26-13-14-4-2-1-3-5-14/h1-11,20,23-24H,12-13H2. The number of fused-ring (bicyclic) bond motifs is 1. The molecule has 5 heteroatoms. The van der Waals surface area contributed by atoms with Crippen molar-refractivity contribution in [2.75, 3.05) is 0 Å². The molecule has 1 unspecified atom stereocenters. The molecule has 3 aromatic carbocycles. The summed E-state index contributed by atoms with van der Waals surface area (Å²) in [5.41, 5.74) is 2.02. The third-order valence-corrected chi connectivity index (χ3v) is 4.49. The maximum atomic E-state index is 12.4. The van der Waals surface area contributed by atoms with Gasteiger partial charge in [-0.3, -0.25) is 4.79 Å². The summed E-state index contributed by atoms with van der Waals surface area (Å²) in [6.07, 6.45) is -0.357. The van der Waals surface area contributed by atoms with Gasteiger partial charge in [-0.2, -0.15) is 0 Å². The highest BCUT2D eigenvalue weighted by atomic mass is 16.5. The van der Waals surface area contributed by atoms with Crippen molar-refractivity contribution < 1.29 is 24.5 Å². The van der Waals surface area contributed by atoms with E-state index in [4.69, 9.17) is 9.47 Å². The fourth-order valence-electron chi connectivity index (χ4n) is 3.13. The van der Waals surface area contributed by atoms with Gasteiger partial charge < -0.3 is 19.7 Å². The van der Waals surface area contributed by atoms with Gasteiger partial charge in [0.05, 0.1) is 6.42 Å². The first kappa shape index (κ1) is 17.0. The second-order valence-corrected chi connectivity index (χ2v) is 6.42. The first-order valence-corrected chi connectivity index (χ1v) is 8.62. The zero-order valence-electron chi connectivity index (χ0n) is 14.5. The predicted octanol–water partition coefficient (Wildman–Crippen LogP) is 4.38. The van der Waals surface area contributed by atoms with E-state index in [-0.39, 0.29) is 35.0 Å². The predicted molar refractivity (Wildman–Crippen MR) is 99.3 cm³/mol. The third kappa shape index (κ3) is 3.58. The quantitative estimate of drug-likeness (QED) is 0.720. The van der Waals surface area contributed by atoms with E-state index in [0.29, 0.717) is 6.61 Å². The molecule has 0 saturated heterocycles. The minimum Gasteiger partial charge on any atom is -0.508 e. The van der Waals surface area contributed by atoms with Crippen molar-refractivity contribution >= 4 is 5.78 Å². The van der Waals surface area contributed by atoms with Crippen LogP contribution in [0.2, 0.25) is 0 Å². The minimum atomic E-state index is -0.477. The minimum absolute atomic E-state index is 0.117. The van der Waals surface area contributed by atoms with Gasteiger partial charge in [-0.1, -0.05) is 42.5 Å². The molecule has 0 aromatic heterocycles. The van der Waals surface area contributed by atoms with E-state index < -0.39 is 6.10 Å². The smallest absolute Gasteiger partial charge is 0.174 e. The molecular weight excluding hydrogens is 344 g/mol. The van der Waals surface area contributed by atoms with E-state index in [2.05, 4.69) is 0 Å². The van der Waals surface area contributed by atoms with Crippen LogP contribution >= 0.6 is 0 Å². The first-order valence-electron chi connectivity index (χ1n) is 8.62. The van der Waals surface area contributed by atoms with Gasteiger partial charge in [-0.15, -0.1) is 0 Å². The van der Waals surface area contributed by atoms with Crippen LogP contribution in [0, 0.1) is 0 Å². The molecule has 4 rings (SSSR count). The Balaban J connectivity index is 1.48. The number of ether oxygens (including phenoxy) is 2. The fraction of sp³-hybridized carbons (Fsp3) is 0.136. The zero-order chi connectivity index (χ0) is 18.8. The summed E-state index contributed by atoms with van der Waals surface area (Å²) < 4.78 is 11.6. The Labute approximate surface area is 156 Å². The lowest BCUT2D eigenvalue weighted by Crippen LogP contribution is -2.20. The van der Waals surface area contributed by atoms with Gasteiger partial charge in [0.25, 0.3) is 0 Å². The van der Waals surface area contributed by atoms with Crippen molar-refractivity contribution in [3.8, 4) is 23.0 Å². The highest BCUT2D eigenvalue weighted by Gasteiger charge is 2.30. The number of aromatic hydroxyl groups is 2. The highest BCUT2D eigenvalue weighted by Crippen LogP contribution is 2.41. The highest BCUT2D eigenvalue weighted by molar-refractivity contribution is 6.02. The lowest BCUT2D eigenvalue weighted by Gasteiger charge is -2.26. The van der Waals surface area contributed by atoms with Gasteiger partial charge >= 0.3 is 0 Å². The number of hydrogen-bond acceptors (Lipinski definition) is 5. The van der Waals surface area contributed by atoms with Crippen LogP contribution in [0.3, 0.4) is 0 Å². The van der Waals surface area contributed by atoms with E-state index in [1.54, 1.807) is 0 Å². The summed E-state index contributed by atoms with van der Waals surface area (Å²) in [5, 5.41) is 19.5. The number of rotatable bonds is 4. The number of carbonyl (C=O) groups is 1. The van der Waals surface area contributed by atoms with Gasteiger partial charge in [-0.05, 0) is 23.3 Å². The summed E-state index contributed by atoms with van der Waals surface area (Å²) in [4.78, 5) is 12.4. The average molecular weight is 362 g/mol.